The van der Waals surface area contributed by atoms with Crippen LogP contribution >= 0.6 is 11.3 Å². The Morgan fingerprint density at radius 1 is 1.24 bits per heavy atom. The Labute approximate surface area is 170 Å². The predicted molar refractivity (Wildman–Crippen MR) is 109 cm³/mol. The smallest absolute Gasteiger partial charge is 0.290 e. The van der Waals surface area contributed by atoms with Crippen molar-refractivity contribution in [1.82, 2.24) is 14.9 Å². The van der Waals surface area contributed by atoms with Gasteiger partial charge in [0.25, 0.3) is 11.5 Å². The highest BCUT2D eigenvalue weighted by Crippen LogP contribution is 2.36. The minimum atomic E-state index is -0.254. The number of likely N-dealkylation sites (tertiary alicyclic amines) is 1. The van der Waals surface area contributed by atoms with Gasteiger partial charge in [-0.1, -0.05) is 6.07 Å². The first-order valence-electron chi connectivity index (χ1n) is 9.96. The van der Waals surface area contributed by atoms with Crippen molar-refractivity contribution in [3.05, 3.63) is 56.7 Å². The molecule has 2 aromatic heterocycles. The lowest BCUT2D eigenvalue weighted by molar-refractivity contribution is 0.0713. The molecule has 4 heterocycles. The number of halogens is 1. The van der Waals surface area contributed by atoms with Gasteiger partial charge in [0.1, 0.15) is 10.6 Å². The first-order chi connectivity index (χ1) is 14.1. The third kappa shape index (κ3) is 2.55. The number of carbonyl (C=O) groups excluding carboxylic acids is 1. The molecule has 8 heteroatoms. The Hall–Kier alpha value is -2.74. The van der Waals surface area contributed by atoms with E-state index in [1.165, 1.54) is 17.0 Å². The SMILES string of the molecule is O=C(c1nc2sc3c(c2c(=O)[nH]1)CCC3)N1C[C@@H]2C[C@H]1CN2c1cccc(F)c1. The monoisotopic (exact) mass is 410 g/mol. The summed E-state index contributed by atoms with van der Waals surface area (Å²) >= 11 is 1.54. The number of fused-ring (bicyclic) bond motifs is 5. The first kappa shape index (κ1) is 17.1. The molecule has 1 N–H and O–H groups in total. The number of carbonyl (C=O) groups is 1. The lowest BCUT2D eigenvalue weighted by atomic mass is 10.2. The molecule has 0 unspecified atom stereocenters. The number of rotatable bonds is 2. The number of aryl methyl sites for hydroxylation is 2. The maximum absolute atomic E-state index is 13.6. The van der Waals surface area contributed by atoms with Gasteiger partial charge >= 0.3 is 0 Å². The van der Waals surface area contributed by atoms with Crippen LogP contribution in [0.1, 0.15) is 33.9 Å². The highest BCUT2D eigenvalue weighted by atomic mass is 32.1. The summed E-state index contributed by atoms with van der Waals surface area (Å²) in [6.45, 7) is 1.22. The van der Waals surface area contributed by atoms with E-state index in [4.69, 9.17) is 0 Å². The fourth-order valence-electron chi connectivity index (χ4n) is 5.13. The van der Waals surface area contributed by atoms with Gasteiger partial charge in [-0.3, -0.25) is 9.59 Å². The second-order valence-electron chi connectivity index (χ2n) is 8.09. The summed E-state index contributed by atoms with van der Waals surface area (Å²) in [6.07, 6.45) is 3.84. The van der Waals surface area contributed by atoms with E-state index in [9.17, 15) is 14.0 Å². The van der Waals surface area contributed by atoms with Gasteiger partial charge in [-0.15, -0.1) is 11.3 Å². The van der Waals surface area contributed by atoms with Gasteiger partial charge in [0, 0.05) is 29.7 Å². The average molecular weight is 410 g/mol. The van der Waals surface area contributed by atoms with Crippen LogP contribution in [-0.4, -0.2) is 45.9 Å². The van der Waals surface area contributed by atoms with Gasteiger partial charge in [-0.2, -0.15) is 0 Å². The summed E-state index contributed by atoms with van der Waals surface area (Å²) in [5.74, 6) is -0.340. The first-order valence-corrected chi connectivity index (χ1v) is 10.8. The summed E-state index contributed by atoms with van der Waals surface area (Å²) in [4.78, 5) is 38.9. The Bertz CT molecular complexity index is 1220. The van der Waals surface area contributed by atoms with Crippen molar-refractivity contribution >= 4 is 33.1 Å². The van der Waals surface area contributed by atoms with Crippen LogP contribution in [0.3, 0.4) is 0 Å². The molecule has 148 valence electrons. The van der Waals surface area contributed by atoms with Crippen molar-refractivity contribution in [2.45, 2.75) is 37.8 Å². The Morgan fingerprint density at radius 3 is 2.93 bits per heavy atom. The van der Waals surface area contributed by atoms with Crippen LogP contribution in [0.25, 0.3) is 10.2 Å². The topological polar surface area (TPSA) is 69.3 Å². The molecule has 1 aromatic carbocycles. The van der Waals surface area contributed by atoms with E-state index in [1.807, 2.05) is 11.0 Å². The minimum absolute atomic E-state index is 0.0464. The fourth-order valence-corrected chi connectivity index (χ4v) is 6.39. The molecule has 1 aliphatic carbocycles. The fraction of sp³-hybridized carbons (Fsp3) is 0.381. The lowest BCUT2D eigenvalue weighted by Crippen LogP contribution is -2.49. The highest BCUT2D eigenvalue weighted by Gasteiger charge is 2.46. The van der Waals surface area contributed by atoms with E-state index in [-0.39, 0.29) is 35.2 Å². The molecule has 0 spiro atoms. The third-order valence-electron chi connectivity index (χ3n) is 6.42. The standard InChI is InChI=1S/C21H19FN4O2S/c22-11-3-1-4-12(7-11)25-9-14-8-13(25)10-26(14)21(28)18-23-19(27)17-15-5-2-6-16(15)29-20(17)24-18/h1,3-4,7,13-14H,2,5-6,8-10H2,(H,23,24,27)/t13-,14-/m0/s1. The van der Waals surface area contributed by atoms with Gasteiger partial charge in [0.2, 0.25) is 5.82 Å². The highest BCUT2D eigenvalue weighted by molar-refractivity contribution is 7.18. The van der Waals surface area contributed by atoms with E-state index in [0.29, 0.717) is 23.3 Å². The quantitative estimate of drug-likeness (QED) is 0.705. The van der Waals surface area contributed by atoms with Crippen LogP contribution in [-0.2, 0) is 12.8 Å². The molecule has 6 nitrogen and oxygen atoms in total. The van der Waals surface area contributed by atoms with Crippen molar-refractivity contribution in [2.24, 2.45) is 0 Å². The minimum Gasteiger partial charge on any atom is -0.365 e. The molecular formula is C21H19FN4O2S. The summed E-state index contributed by atoms with van der Waals surface area (Å²) in [5, 5.41) is 0.666. The van der Waals surface area contributed by atoms with E-state index in [2.05, 4.69) is 14.9 Å². The van der Waals surface area contributed by atoms with Crippen LogP contribution in [0.2, 0.25) is 0 Å². The normalized spacial score (nSPS) is 22.7. The largest absolute Gasteiger partial charge is 0.365 e. The van der Waals surface area contributed by atoms with Crippen molar-refractivity contribution in [2.75, 3.05) is 18.0 Å². The molecule has 2 fully saturated rings. The second-order valence-corrected chi connectivity index (χ2v) is 9.17. The molecule has 29 heavy (non-hydrogen) atoms. The summed E-state index contributed by atoms with van der Waals surface area (Å²) in [5.41, 5.74) is 1.76. The number of benzene rings is 1. The predicted octanol–water partition coefficient (Wildman–Crippen LogP) is 2.72. The van der Waals surface area contributed by atoms with E-state index >= 15 is 0 Å². The molecule has 6 rings (SSSR count). The number of H-pyrrole nitrogens is 1. The van der Waals surface area contributed by atoms with Crippen LogP contribution in [0.4, 0.5) is 10.1 Å². The van der Waals surface area contributed by atoms with Gasteiger partial charge in [0.05, 0.1) is 11.4 Å². The number of aromatic amines is 1. The summed E-state index contributed by atoms with van der Waals surface area (Å²) < 4.78 is 13.6. The van der Waals surface area contributed by atoms with Crippen molar-refractivity contribution < 1.29 is 9.18 Å². The molecule has 2 aliphatic heterocycles. The second kappa shape index (κ2) is 6.13. The zero-order valence-corrected chi connectivity index (χ0v) is 16.5. The number of anilines is 1. The Morgan fingerprint density at radius 2 is 2.14 bits per heavy atom. The number of hydrogen-bond acceptors (Lipinski definition) is 5. The molecule has 0 saturated carbocycles. The maximum atomic E-state index is 13.6. The maximum Gasteiger partial charge on any atom is 0.290 e. The number of amides is 1. The molecule has 2 saturated heterocycles. The van der Waals surface area contributed by atoms with E-state index < -0.39 is 0 Å². The number of aromatic nitrogens is 2. The Balaban J connectivity index is 1.27. The average Bonchev–Trinajstić information content (AvgIpc) is 3.46. The van der Waals surface area contributed by atoms with Crippen LogP contribution in [0.15, 0.2) is 29.1 Å². The zero-order valence-electron chi connectivity index (χ0n) is 15.7. The third-order valence-corrected chi connectivity index (χ3v) is 7.60. The lowest BCUT2D eigenvalue weighted by Gasteiger charge is -2.35. The number of nitrogens with zero attached hydrogens (tertiary/aromatic N) is 3. The zero-order chi connectivity index (χ0) is 19.7. The molecule has 3 aliphatic rings. The van der Waals surface area contributed by atoms with Gasteiger partial charge < -0.3 is 14.8 Å². The van der Waals surface area contributed by atoms with Gasteiger partial charge in [0.15, 0.2) is 0 Å². The number of thiophene rings is 1. The molecule has 2 atom stereocenters. The molecule has 1 amide bonds. The molecule has 2 bridgehead atoms. The van der Waals surface area contributed by atoms with Crippen molar-refractivity contribution in [3.63, 3.8) is 0 Å². The van der Waals surface area contributed by atoms with Crippen LogP contribution in [0, 0.1) is 5.82 Å². The van der Waals surface area contributed by atoms with Crippen LogP contribution in [0.5, 0.6) is 0 Å². The van der Waals surface area contributed by atoms with Gasteiger partial charge in [-0.25, -0.2) is 9.37 Å². The number of hydrogen-bond donors (Lipinski definition) is 1. The van der Waals surface area contributed by atoms with E-state index in [0.717, 1.165) is 36.9 Å². The summed E-state index contributed by atoms with van der Waals surface area (Å²) in [6, 6.07) is 6.79. The van der Waals surface area contributed by atoms with E-state index in [1.54, 1.807) is 17.4 Å². The summed E-state index contributed by atoms with van der Waals surface area (Å²) in [7, 11) is 0. The van der Waals surface area contributed by atoms with Gasteiger partial charge in [-0.05, 0) is 49.4 Å². The van der Waals surface area contributed by atoms with Crippen LogP contribution < -0.4 is 10.5 Å². The molecular weight excluding hydrogens is 391 g/mol. The molecule has 3 aromatic rings. The number of nitrogens with one attached hydrogen (secondary N) is 1. The number of piperazine rings is 1. The van der Waals surface area contributed by atoms with Crippen molar-refractivity contribution in [1.29, 1.82) is 0 Å². The van der Waals surface area contributed by atoms with Crippen molar-refractivity contribution in [3.8, 4) is 0 Å². The Kier molecular flexibility index (Phi) is 3.62. The molecule has 0 radical (unpaired) electrons.